The molecule has 0 saturated heterocycles. The zero-order valence-corrected chi connectivity index (χ0v) is 26.1. The number of rotatable bonds is 5. The second kappa shape index (κ2) is 11.2. The van der Waals surface area contributed by atoms with E-state index in [1.54, 1.807) is 0 Å². The smallest absolute Gasteiger partial charge is 0.0618 e. The summed E-state index contributed by atoms with van der Waals surface area (Å²) in [4.78, 5) is 2.40. The van der Waals surface area contributed by atoms with E-state index in [1.165, 1.54) is 38.9 Å². The molecule has 0 bridgehead atoms. The highest BCUT2D eigenvalue weighted by molar-refractivity contribution is 6.31. The molecule has 5 rings (SSSR count). The van der Waals surface area contributed by atoms with Gasteiger partial charge in [0.15, 0.2) is 0 Å². The van der Waals surface area contributed by atoms with Gasteiger partial charge < -0.3 is 4.90 Å². The first-order chi connectivity index (χ1) is 19.4. The molecule has 0 atom stereocenters. The highest BCUT2D eigenvalue weighted by Crippen LogP contribution is 2.48. The van der Waals surface area contributed by atoms with E-state index in [-0.39, 0.29) is 10.8 Å². The third kappa shape index (κ3) is 6.26. The Morgan fingerprint density at radius 1 is 0.512 bits per heavy atom. The van der Waals surface area contributed by atoms with Gasteiger partial charge in [0.1, 0.15) is 0 Å². The van der Waals surface area contributed by atoms with Crippen molar-refractivity contribution in [3.63, 3.8) is 0 Å². The van der Waals surface area contributed by atoms with E-state index in [2.05, 4.69) is 169 Å². The van der Waals surface area contributed by atoms with Crippen LogP contribution in [0.1, 0.15) is 58.2 Å². The predicted molar refractivity (Wildman–Crippen MR) is 179 cm³/mol. The maximum atomic E-state index is 6.87. The van der Waals surface area contributed by atoms with E-state index in [9.17, 15) is 0 Å². The van der Waals surface area contributed by atoms with Gasteiger partial charge in [-0.25, -0.2) is 0 Å². The van der Waals surface area contributed by atoms with Crippen LogP contribution >= 0.6 is 11.6 Å². The zero-order valence-electron chi connectivity index (χ0n) is 25.3. The third-order valence-corrected chi connectivity index (χ3v) is 7.86. The molecule has 0 aromatic heterocycles. The second-order valence-corrected chi connectivity index (χ2v) is 13.5. The Kier molecular flexibility index (Phi) is 7.86. The molecule has 0 aliphatic rings. The first-order valence-corrected chi connectivity index (χ1v) is 14.8. The van der Waals surface area contributed by atoms with Crippen LogP contribution in [-0.2, 0) is 10.8 Å². The van der Waals surface area contributed by atoms with Gasteiger partial charge in [-0.3, -0.25) is 0 Å². The molecule has 5 aromatic carbocycles. The molecule has 0 heterocycles. The number of benzene rings is 5. The number of halogens is 1. The third-order valence-electron chi connectivity index (χ3n) is 7.65. The van der Waals surface area contributed by atoms with Crippen LogP contribution in [0.3, 0.4) is 0 Å². The molecular formula is C39H40ClN. The van der Waals surface area contributed by atoms with E-state index < -0.39 is 0 Å². The fourth-order valence-corrected chi connectivity index (χ4v) is 5.58. The highest BCUT2D eigenvalue weighted by Gasteiger charge is 2.25. The summed E-state index contributed by atoms with van der Waals surface area (Å²) in [7, 11) is 0. The maximum absolute atomic E-state index is 6.87. The van der Waals surface area contributed by atoms with Crippen molar-refractivity contribution in [1.29, 1.82) is 0 Å². The lowest BCUT2D eigenvalue weighted by Crippen LogP contribution is -2.17. The Bertz CT molecular complexity index is 1580. The molecule has 0 radical (unpaired) electrons. The van der Waals surface area contributed by atoms with Gasteiger partial charge in [-0.2, -0.15) is 0 Å². The average Bonchev–Trinajstić information content (AvgIpc) is 2.94. The lowest BCUT2D eigenvalue weighted by molar-refractivity contribution is 0.590. The first-order valence-electron chi connectivity index (χ1n) is 14.4. The molecule has 0 spiro atoms. The fraction of sp³-hybridized carbons (Fsp3) is 0.231. The van der Waals surface area contributed by atoms with Crippen LogP contribution in [0.4, 0.5) is 17.1 Å². The Labute approximate surface area is 251 Å². The van der Waals surface area contributed by atoms with E-state index >= 15 is 0 Å². The fourth-order valence-electron chi connectivity index (χ4n) is 5.35. The average molecular weight is 558 g/mol. The summed E-state index contributed by atoms with van der Waals surface area (Å²) in [6.07, 6.45) is 0. The van der Waals surface area contributed by atoms with Crippen LogP contribution in [0.25, 0.3) is 22.3 Å². The molecule has 2 heteroatoms. The van der Waals surface area contributed by atoms with E-state index in [0.29, 0.717) is 0 Å². The Morgan fingerprint density at radius 3 is 1.46 bits per heavy atom. The molecular weight excluding hydrogens is 518 g/mol. The summed E-state index contributed by atoms with van der Waals surface area (Å²) in [5.41, 5.74) is 11.7. The minimum absolute atomic E-state index is 0.0563. The molecule has 0 aliphatic heterocycles. The summed E-state index contributed by atoms with van der Waals surface area (Å²) in [5.74, 6) is 0. The molecule has 0 unspecified atom stereocenters. The van der Waals surface area contributed by atoms with Crippen LogP contribution in [0.5, 0.6) is 0 Å². The van der Waals surface area contributed by atoms with Crippen molar-refractivity contribution in [2.45, 2.75) is 59.3 Å². The molecule has 0 N–H and O–H groups in total. The van der Waals surface area contributed by atoms with Gasteiger partial charge in [0, 0.05) is 27.5 Å². The quantitative estimate of drug-likeness (QED) is 0.208. The highest BCUT2D eigenvalue weighted by atomic mass is 35.5. The Balaban J connectivity index is 1.89. The van der Waals surface area contributed by atoms with E-state index in [4.69, 9.17) is 11.6 Å². The molecule has 208 valence electrons. The largest absolute Gasteiger partial charge is 0.309 e. The number of aryl methyl sites for hydroxylation is 1. The Hall–Kier alpha value is -3.81. The minimum Gasteiger partial charge on any atom is -0.309 e. The summed E-state index contributed by atoms with van der Waals surface area (Å²) >= 11 is 6.87. The molecule has 0 amide bonds. The number of nitrogens with zero attached hydrogens (tertiary/aromatic N) is 1. The van der Waals surface area contributed by atoms with Crippen molar-refractivity contribution in [2.24, 2.45) is 0 Å². The SMILES string of the molecule is Cc1cc(-c2ccccc2)c(N(c2ccc(C(C)(C)C)cc2)c2cc(Cl)cc(C(C)(C)C)c2)c(-c2ccccc2)c1. The standard InChI is InChI=1S/C39H40ClN/c1-27-22-35(28-14-10-8-11-15-28)37(36(23-27)29-16-12-9-13-17-29)41(33-20-18-30(19-21-33)38(2,3)4)34-25-31(39(5,6)7)24-32(40)26-34/h8-26H,1-7H3. The number of hydrogen-bond acceptors (Lipinski definition) is 1. The molecule has 5 aromatic rings. The molecule has 0 fully saturated rings. The van der Waals surface area contributed by atoms with Gasteiger partial charge in [-0.05, 0) is 88.0 Å². The van der Waals surface area contributed by atoms with Gasteiger partial charge in [0.2, 0.25) is 0 Å². The summed E-state index contributed by atoms with van der Waals surface area (Å²) < 4.78 is 0. The van der Waals surface area contributed by atoms with Gasteiger partial charge >= 0.3 is 0 Å². The van der Waals surface area contributed by atoms with Crippen molar-refractivity contribution in [1.82, 2.24) is 0 Å². The van der Waals surface area contributed by atoms with Gasteiger partial charge in [-0.1, -0.05) is 126 Å². The predicted octanol–water partition coefficient (Wildman–Crippen LogP) is 12.0. The molecule has 0 saturated carbocycles. The van der Waals surface area contributed by atoms with Crippen LogP contribution < -0.4 is 4.90 Å². The van der Waals surface area contributed by atoms with Gasteiger partial charge in [0.25, 0.3) is 0 Å². The number of hydrogen-bond donors (Lipinski definition) is 0. The summed E-state index contributed by atoms with van der Waals surface area (Å²) in [6.45, 7) is 15.7. The van der Waals surface area contributed by atoms with Crippen molar-refractivity contribution < 1.29 is 0 Å². The lowest BCUT2D eigenvalue weighted by Gasteiger charge is -2.32. The van der Waals surface area contributed by atoms with Gasteiger partial charge in [0.05, 0.1) is 5.69 Å². The van der Waals surface area contributed by atoms with Crippen LogP contribution in [0.2, 0.25) is 5.02 Å². The first kappa shape index (κ1) is 28.7. The summed E-state index contributed by atoms with van der Waals surface area (Å²) in [5, 5.41) is 0.735. The maximum Gasteiger partial charge on any atom is 0.0618 e. The van der Waals surface area contributed by atoms with Crippen molar-refractivity contribution >= 4 is 28.7 Å². The van der Waals surface area contributed by atoms with Crippen molar-refractivity contribution in [3.8, 4) is 22.3 Å². The van der Waals surface area contributed by atoms with E-state index in [1.807, 2.05) is 0 Å². The van der Waals surface area contributed by atoms with Crippen LogP contribution in [0, 0.1) is 6.92 Å². The topological polar surface area (TPSA) is 3.24 Å². The normalized spacial score (nSPS) is 11.9. The monoisotopic (exact) mass is 557 g/mol. The Morgan fingerprint density at radius 2 is 1.00 bits per heavy atom. The summed E-state index contributed by atoms with van der Waals surface area (Å²) in [6, 6.07) is 41.5. The van der Waals surface area contributed by atoms with Gasteiger partial charge in [-0.15, -0.1) is 0 Å². The van der Waals surface area contributed by atoms with E-state index in [0.717, 1.165) is 22.1 Å². The molecule has 41 heavy (non-hydrogen) atoms. The minimum atomic E-state index is -0.0563. The molecule has 0 aliphatic carbocycles. The lowest BCUT2D eigenvalue weighted by atomic mass is 9.86. The molecule has 1 nitrogen and oxygen atoms in total. The second-order valence-electron chi connectivity index (χ2n) is 13.0. The van der Waals surface area contributed by atoms with Crippen LogP contribution in [0.15, 0.2) is 115 Å². The van der Waals surface area contributed by atoms with Crippen molar-refractivity contribution in [2.75, 3.05) is 4.90 Å². The van der Waals surface area contributed by atoms with Crippen LogP contribution in [-0.4, -0.2) is 0 Å². The zero-order chi connectivity index (χ0) is 29.4. The van der Waals surface area contributed by atoms with Crippen molar-refractivity contribution in [3.05, 3.63) is 137 Å². The number of anilines is 3.